The van der Waals surface area contributed by atoms with E-state index in [4.69, 9.17) is 14.2 Å². The van der Waals surface area contributed by atoms with Gasteiger partial charge in [0.15, 0.2) is 0 Å². The normalized spacial score (nSPS) is 21.6. The Morgan fingerprint density at radius 2 is 1.80 bits per heavy atom. The lowest BCUT2D eigenvalue weighted by Crippen LogP contribution is -2.47. The number of nitrogens with one attached hydrogen (secondary N) is 1. The largest absolute Gasteiger partial charge is 0.497 e. The molecule has 0 bridgehead atoms. The van der Waals surface area contributed by atoms with E-state index in [0.29, 0.717) is 24.5 Å². The van der Waals surface area contributed by atoms with Crippen molar-refractivity contribution >= 4 is 31.6 Å². The molecule has 2 N–H and O–H groups in total. The van der Waals surface area contributed by atoms with Crippen LogP contribution in [0.1, 0.15) is 50.4 Å². The maximum Gasteiger partial charge on any atom is 0.261 e. The molecule has 1 amide bonds. The van der Waals surface area contributed by atoms with E-state index in [9.17, 15) is 26.7 Å². The Bertz CT molecular complexity index is 1470. The van der Waals surface area contributed by atoms with Crippen LogP contribution >= 0.6 is 0 Å². The fourth-order valence-corrected chi connectivity index (χ4v) is 6.27. The summed E-state index contributed by atoms with van der Waals surface area (Å²) in [7, 11) is -4.49. The highest BCUT2D eigenvalue weighted by Crippen LogP contribution is 2.30. The minimum atomic E-state index is -4.00. The average molecular weight is 656 g/mol. The Kier molecular flexibility index (Phi) is 12.4. The quantitative estimate of drug-likeness (QED) is 0.415. The summed E-state index contributed by atoms with van der Waals surface area (Å²) in [6.07, 6.45) is 2.53. The molecule has 0 radical (unpaired) electrons. The van der Waals surface area contributed by atoms with E-state index in [1.54, 1.807) is 13.0 Å². The number of hydrogen-bond acceptors (Lipinski definition) is 9. The van der Waals surface area contributed by atoms with Gasteiger partial charge in [-0.2, -0.15) is 0 Å². The molecule has 1 aliphatic heterocycles. The number of hydrogen-bond donors (Lipinski definition) is 2. The number of ether oxygens (including phenoxy) is 3. The average Bonchev–Trinajstić information content (AvgIpc) is 2.97. The molecule has 0 saturated heterocycles. The summed E-state index contributed by atoms with van der Waals surface area (Å²) in [5, 5.41) is 10.1. The molecule has 2 aromatic rings. The zero-order chi connectivity index (χ0) is 32.7. The van der Waals surface area contributed by atoms with Crippen LogP contribution in [0.15, 0.2) is 47.4 Å². The van der Waals surface area contributed by atoms with Crippen LogP contribution in [0.25, 0.3) is 0 Å². The van der Waals surface area contributed by atoms with Crippen molar-refractivity contribution in [2.75, 3.05) is 51.4 Å². The molecule has 0 spiro atoms. The SMILES string of the molecule is COc1ccc(S(=O)(=O)Nc2ccc3c(c2)C(=O)N([C@H](C)CO)C[C@@H](C)[C@H](CN(C)S(C)(=O)=O)OCCCC[C@@H](C)O3)cc1. The van der Waals surface area contributed by atoms with Gasteiger partial charge in [-0.3, -0.25) is 9.52 Å². The number of carbonyl (C=O) groups is 1. The zero-order valence-corrected chi connectivity index (χ0v) is 27.9. The lowest BCUT2D eigenvalue weighted by Gasteiger charge is -2.35. The van der Waals surface area contributed by atoms with Crippen LogP contribution in [0.2, 0.25) is 0 Å². The lowest BCUT2D eigenvalue weighted by molar-refractivity contribution is -0.00828. The van der Waals surface area contributed by atoms with Crippen molar-refractivity contribution in [1.82, 2.24) is 9.21 Å². The van der Waals surface area contributed by atoms with Crippen LogP contribution in [-0.4, -0.2) is 102 Å². The number of likely N-dealkylation sites (N-methyl/N-ethyl adjacent to an activating group) is 1. The summed E-state index contributed by atoms with van der Waals surface area (Å²) in [4.78, 5) is 15.7. The third kappa shape index (κ3) is 9.54. The van der Waals surface area contributed by atoms with E-state index in [2.05, 4.69) is 4.72 Å². The first-order valence-electron chi connectivity index (χ1n) is 14.6. The molecule has 0 saturated carbocycles. The van der Waals surface area contributed by atoms with Gasteiger partial charge in [-0.25, -0.2) is 21.1 Å². The van der Waals surface area contributed by atoms with Crippen molar-refractivity contribution in [3.63, 3.8) is 0 Å². The topological polar surface area (TPSA) is 152 Å². The van der Waals surface area contributed by atoms with Crippen molar-refractivity contribution in [2.24, 2.45) is 5.92 Å². The first-order valence-corrected chi connectivity index (χ1v) is 17.9. The maximum atomic E-state index is 14.2. The summed E-state index contributed by atoms with van der Waals surface area (Å²) in [5.74, 6) is 0.00733. The van der Waals surface area contributed by atoms with Crippen LogP contribution in [-0.2, 0) is 24.8 Å². The Morgan fingerprint density at radius 3 is 2.41 bits per heavy atom. The summed E-state index contributed by atoms with van der Waals surface area (Å²) >= 11 is 0. The first kappa shape index (κ1) is 35.6. The van der Waals surface area contributed by atoms with E-state index >= 15 is 0 Å². The fraction of sp³-hybridized carbons (Fsp3) is 0.567. The van der Waals surface area contributed by atoms with E-state index in [1.807, 2.05) is 13.8 Å². The van der Waals surface area contributed by atoms with Gasteiger partial charge in [0, 0.05) is 38.3 Å². The zero-order valence-electron chi connectivity index (χ0n) is 26.2. The van der Waals surface area contributed by atoms with Crippen LogP contribution < -0.4 is 14.2 Å². The van der Waals surface area contributed by atoms with E-state index in [1.165, 1.54) is 59.8 Å². The highest BCUT2D eigenvalue weighted by molar-refractivity contribution is 7.92. The third-order valence-electron chi connectivity index (χ3n) is 7.68. The molecule has 2 aromatic carbocycles. The van der Waals surface area contributed by atoms with Gasteiger partial charge < -0.3 is 24.2 Å². The molecular weight excluding hydrogens is 610 g/mol. The number of anilines is 1. The van der Waals surface area contributed by atoms with Crippen LogP contribution in [0.3, 0.4) is 0 Å². The number of nitrogens with zero attached hydrogens (tertiary/aromatic N) is 2. The number of carbonyl (C=O) groups excluding carboxylic acids is 1. The number of sulfonamides is 2. The summed E-state index contributed by atoms with van der Waals surface area (Å²) in [6, 6.07) is 9.84. The van der Waals surface area contributed by atoms with Gasteiger partial charge in [-0.1, -0.05) is 6.92 Å². The Balaban J connectivity index is 2.02. The number of aliphatic hydroxyl groups excluding tert-OH is 1. The van der Waals surface area contributed by atoms with Crippen molar-refractivity contribution in [3.8, 4) is 11.5 Å². The maximum absolute atomic E-state index is 14.2. The molecule has 0 fully saturated rings. The number of amides is 1. The van der Waals surface area contributed by atoms with E-state index in [-0.39, 0.29) is 47.9 Å². The Hall–Kier alpha value is -2.91. The van der Waals surface area contributed by atoms with Crippen molar-refractivity contribution in [1.29, 1.82) is 0 Å². The summed E-state index contributed by atoms with van der Waals surface area (Å²) < 4.78 is 71.9. The van der Waals surface area contributed by atoms with Crippen molar-refractivity contribution in [2.45, 2.75) is 63.2 Å². The molecule has 14 heteroatoms. The second kappa shape index (κ2) is 15.4. The standard InChI is InChI=1S/C30H45N3O9S2/c1-21-18-33(22(2)20-34)30(35)27-17-24(31-44(38,39)26-13-11-25(40-5)12-14-26)10-15-28(27)42-23(3)9-7-8-16-41-29(21)19-32(4)43(6,36)37/h10-15,17,21-23,29,31,34H,7-9,16,18-20H2,1-6H3/t21-,22-,23-,29+/m1/s1. The van der Waals surface area contributed by atoms with Gasteiger partial charge in [0.2, 0.25) is 10.0 Å². The van der Waals surface area contributed by atoms with Crippen LogP contribution in [0, 0.1) is 5.92 Å². The highest BCUT2D eigenvalue weighted by Gasteiger charge is 2.31. The lowest BCUT2D eigenvalue weighted by atomic mass is 10.0. The monoisotopic (exact) mass is 655 g/mol. The number of aliphatic hydroxyl groups is 1. The minimum Gasteiger partial charge on any atom is -0.497 e. The Morgan fingerprint density at radius 1 is 1.11 bits per heavy atom. The molecule has 44 heavy (non-hydrogen) atoms. The fourth-order valence-electron chi connectivity index (χ4n) is 4.81. The molecule has 3 rings (SSSR count). The second-order valence-corrected chi connectivity index (χ2v) is 15.1. The number of benzene rings is 2. The van der Waals surface area contributed by atoms with Crippen molar-refractivity contribution in [3.05, 3.63) is 48.0 Å². The number of methoxy groups -OCH3 is 1. The predicted octanol–water partition coefficient (Wildman–Crippen LogP) is 3.18. The predicted molar refractivity (Wildman–Crippen MR) is 168 cm³/mol. The minimum absolute atomic E-state index is 0.0176. The number of fused-ring (bicyclic) bond motifs is 1. The Labute approximate surface area is 261 Å². The third-order valence-corrected chi connectivity index (χ3v) is 10.4. The molecule has 0 aliphatic carbocycles. The van der Waals surface area contributed by atoms with Gasteiger partial charge in [-0.15, -0.1) is 0 Å². The highest BCUT2D eigenvalue weighted by atomic mass is 32.2. The van der Waals surface area contributed by atoms with Gasteiger partial charge in [-0.05, 0) is 75.6 Å². The van der Waals surface area contributed by atoms with E-state index < -0.39 is 38.1 Å². The molecule has 1 aliphatic rings. The molecule has 4 atom stereocenters. The van der Waals surface area contributed by atoms with Gasteiger partial charge in [0.25, 0.3) is 15.9 Å². The first-order chi connectivity index (χ1) is 20.7. The number of rotatable bonds is 9. The molecule has 0 unspecified atom stereocenters. The molecule has 12 nitrogen and oxygen atoms in total. The molecule has 0 aromatic heterocycles. The van der Waals surface area contributed by atoms with Gasteiger partial charge >= 0.3 is 0 Å². The molecular formula is C30H45N3O9S2. The van der Waals surface area contributed by atoms with Crippen LogP contribution in [0.5, 0.6) is 11.5 Å². The van der Waals surface area contributed by atoms with Crippen LogP contribution in [0.4, 0.5) is 5.69 Å². The van der Waals surface area contributed by atoms with E-state index in [0.717, 1.165) is 19.1 Å². The molecule has 246 valence electrons. The summed E-state index contributed by atoms with van der Waals surface area (Å²) in [6.45, 7) is 5.78. The van der Waals surface area contributed by atoms with Crippen molar-refractivity contribution < 1.29 is 40.9 Å². The van der Waals surface area contributed by atoms with Gasteiger partial charge in [0.1, 0.15) is 11.5 Å². The second-order valence-electron chi connectivity index (χ2n) is 11.3. The smallest absolute Gasteiger partial charge is 0.261 e. The van der Waals surface area contributed by atoms with Gasteiger partial charge in [0.05, 0.1) is 48.7 Å². The summed E-state index contributed by atoms with van der Waals surface area (Å²) in [5.41, 5.74) is 0.285. The molecule has 1 heterocycles.